The van der Waals surface area contributed by atoms with E-state index in [-0.39, 0.29) is 12.1 Å². The summed E-state index contributed by atoms with van der Waals surface area (Å²) in [5, 5.41) is 0. The Kier molecular flexibility index (Phi) is 2.58. The molecule has 3 nitrogen and oxygen atoms in total. The van der Waals surface area contributed by atoms with Crippen molar-refractivity contribution in [3.8, 4) is 5.75 Å². The highest BCUT2D eigenvalue weighted by Gasteiger charge is 2.30. The number of ether oxygens (including phenoxy) is 2. The van der Waals surface area contributed by atoms with Crippen LogP contribution in [-0.2, 0) is 4.74 Å². The topological polar surface area (TPSA) is 44.5 Å². The Bertz CT molecular complexity index is 376. The molecular weight excluding hydrogens is 202 g/mol. The van der Waals surface area contributed by atoms with Gasteiger partial charge in [0.15, 0.2) is 0 Å². The van der Waals surface area contributed by atoms with Crippen molar-refractivity contribution < 1.29 is 9.47 Å². The number of nitrogens with two attached hydrogens (primary N) is 1. The van der Waals surface area contributed by atoms with Gasteiger partial charge in [0.1, 0.15) is 18.5 Å². The first kappa shape index (κ1) is 10.1. The molecule has 1 aliphatic heterocycles. The molecule has 16 heavy (non-hydrogen) atoms. The smallest absolute Gasteiger partial charge is 0.124 e. The zero-order valence-electron chi connectivity index (χ0n) is 9.26. The molecule has 3 heteroatoms. The van der Waals surface area contributed by atoms with E-state index >= 15 is 0 Å². The van der Waals surface area contributed by atoms with E-state index in [1.54, 1.807) is 0 Å². The molecule has 0 amide bonds. The van der Waals surface area contributed by atoms with Crippen LogP contribution in [0.25, 0.3) is 0 Å². The molecule has 86 valence electrons. The van der Waals surface area contributed by atoms with Crippen LogP contribution in [0.1, 0.15) is 24.4 Å². The van der Waals surface area contributed by atoms with E-state index in [0.717, 1.165) is 23.8 Å². The standard InChI is InChI=1S/C13H17NO2/c14-13-10-3-1-2-4-11(10)16-8-12(13)15-7-9-5-6-9/h1-4,9,12-13H,5-8,14H2. The van der Waals surface area contributed by atoms with E-state index in [0.29, 0.717) is 6.61 Å². The maximum atomic E-state index is 6.19. The van der Waals surface area contributed by atoms with Crippen molar-refractivity contribution in [2.24, 2.45) is 11.7 Å². The zero-order valence-corrected chi connectivity index (χ0v) is 9.26. The number of hydrogen-bond donors (Lipinski definition) is 1. The lowest BCUT2D eigenvalue weighted by Crippen LogP contribution is -2.38. The van der Waals surface area contributed by atoms with Crippen molar-refractivity contribution in [2.45, 2.75) is 25.0 Å². The lowest BCUT2D eigenvalue weighted by atomic mass is 9.99. The Labute approximate surface area is 95.5 Å². The molecule has 0 saturated heterocycles. The molecule has 0 bridgehead atoms. The second-order valence-electron chi connectivity index (χ2n) is 4.69. The molecule has 1 aromatic carbocycles. The Hall–Kier alpha value is -1.06. The summed E-state index contributed by atoms with van der Waals surface area (Å²) in [5.74, 6) is 1.67. The van der Waals surface area contributed by atoms with Crippen LogP contribution in [0.5, 0.6) is 5.75 Å². The summed E-state index contributed by atoms with van der Waals surface area (Å²) in [6.07, 6.45) is 2.62. The third-order valence-corrected chi connectivity index (χ3v) is 3.32. The van der Waals surface area contributed by atoms with Gasteiger partial charge in [-0.1, -0.05) is 18.2 Å². The fourth-order valence-corrected chi connectivity index (χ4v) is 2.06. The minimum atomic E-state index is -0.0521. The summed E-state index contributed by atoms with van der Waals surface area (Å²) in [6, 6.07) is 7.89. The monoisotopic (exact) mass is 219 g/mol. The molecule has 0 aromatic heterocycles. The van der Waals surface area contributed by atoms with E-state index in [1.165, 1.54) is 12.8 Å². The van der Waals surface area contributed by atoms with Crippen LogP contribution in [0.4, 0.5) is 0 Å². The van der Waals surface area contributed by atoms with Gasteiger partial charge in [-0.05, 0) is 24.8 Å². The minimum absolute atomic E-state index is 0.00972. The van der Waals surface area contributed by atoms with Gasteiger partial charge in [-0.3, -0.25) is 0 Å². The highest BCUT2D eigenvalue weighted by Crippen LogP contribution is 2.34. The van der Waals surface area contributed by atoms with Crippen molar-refractivity contribution in [2.75, 3.05) is 13.2 Å². The highest BCUT2D eigenvalue weighted by atomic mass is 16.5. The van der Waals surface area contributed by atoms with E-state index in [9.17, 15) is 0 Å². The van der Waals surface area contributed by atoms with Crippen LogP contribution in [-0.4, -0.2) is 19.3 Å². The lowest BCUT2D eigenvalue weighted by Gasteiger charge is -2.31. The first-order valence-corrected chi connectivity index (χ1v) is 5.93. The Morgan fingerprint density at radius 1 is 1.31 bits per heavy atom. The fraction of sp³-hybridized carbons (Fsp3) is 0.538. The molecule has 2 unspecified atom stereocenters. The van der Waals surface area contributed by atoms with Crippen LogP contribution in [0.2, 0.25) is 0 Å². The molecule has 1 aromatic rings. The zero-order chi connectivity index (χ0) is 11.0. The van der Waals surface area contributed by atoms with E-state index < -0.39 is 0 Å². The molecule has 2 aliphatic rings. The van der Waals surface area contributed by atoms with Gasteiger partial charge in [0, 0.05) is 5.56 Å². The van der Waals surface area contributed by atoms with E-state index in [4.69, 9.17) is 15.2 Å². The van der Waals surface area contributed by atoms with Crippen molar-refractivity contribution in [1.29, 1.82) is 0 Å². The van der Waals surface area contributed by atoms with Crippen LogP contribution in [0, 0.1) is 5.92 Å². The number of rotatable bonds is 3. The van der Waals surface area contributed by atoms with Crippen LogP contribution in [0.15, 0.2) is 24.3 Å². The van der Waals surface area contributed by atoms with Gasteiger partial charge >= 0.3 is 0 Å². The molecule has 0 radical (unpaired) electrons. The predicted octanol–water partition coefficient (Wildman–Crippen LogP) is 1.87. The van der Waals surface area contributed by atoms with Crippen LogP contribution in [0.3, 0.4) is 0 Å². The van der Waals surface area contributed by atoms with Gasteiger partial charge in [0.05, 0.1) is 12.6 Å². The van der Waals surface area contributed by atoms with Gasteiger partial charge in [-0.25, -0.2) is 0 Å². The summed E-state index contributed by atoms with van der Waals surface area (Å²) >= 11 is 0. The van der Waals surface area contributed by atoms with Crippen molar-refractivity contribution >= 4 is 0 Å². The van der Waals surface area contributed by atoms with Crippen LogP contribution >= 0.6 is 0 Å². The minimum Gasteiger partial charge on any atom is -0.490 e. The summed E-state index contributed by atoms with van der Waals surface area (Å²) in [4.78, 5) is 0. The Morgan fingerprint density at radius 2 is 2.12 bits per heavy atom. The predicted molar refractivity (Wildman–Crippen MR) is 61.3 cm³/mol. The second-order valence-corrected chi connectivity index (χ2v) is 4.69. The van der Waals surface area contributed by atoms with Gasteiger partial charge in [0.25, 0.3) is 0 Å². The van der Waals surface area contributed by atoms with Gasteiger partial charge in [0.2, 0.25) is 0 Å². The van der Waals surface area contributed by atoms with Gasteiger partial charge in [-0.2, -0.15) is 0 Å². The average Bonchev–Trinajstić information content (AvgIpc) is 3.13. The number of hydrogen-bond acceptors (Lipinski definition) is 3. The lowest BCUT2D eigenvalue weighted by molar-refractivity contribution is -0.0115. The maximum absolute atomic E-state index is 6.19. The van der Waals surface area contributed by atoms with Gasteiger partial charge < -0.3 is 15.2 Å². The normalized spacial score (nSPS) is 28.3. The quantitative estimate of drug-likeness (QED) is 0.844. The summed E-state index contributed by atoms with van der Waals surface area (Å²) < 4.78 is 11.5. The van der Waals surface area contributed by atoms with Crippen LogP contribution < -0.4 is 10.5 Å². The SMILES string of the molecule is NC1c2ccccc2OCC1OCC1CC1. The molecule has 1 heterocycles. The van der Waals surface area contributed by atoms with Crippen molar-refractivity contribution in [3.63, 3.8) is 0 Å². The molecular formula is C13H17NO2. The van der Waals surface area contributed by atoms with E-state index in [2.05, 4.69) is 0 Å². The molecule has 1 aliphatic carbocycles. The molecule has 2 atom stereocenters. The summed E-state index contributed by atoms with van der Waals surface area (Å²) in [6.45, 7) is 1.41. The highest BCUT2D eigenvalue weighted by molar-refractivity contribution is 5.38. The molecule has 3 rings (SSSR count). The first-order chi connectivity index (χ1) is 7.84. The molecule has 1 saturated carbocycles. The Morgan fingerprint density at radius 3 is 2.94 bits per heavy atom. The number of para-hydroxylation sites is 1. The fourth-order valence-electron chi connectivity index (χ4n) is 2.06. The Balaban J connectivity index is 1.70. The van der Waals surface area contributed by atoms with Crippen molar-refractivity contribution in [3.05, 3.63) is 29.8 Å². The molecule has 1 fully saturated rings. The van der Waals surface area contributed by atoms with Crippen molar-refractivity contribution in [1.82, 2.24) is 0 Å². The first-order valence-electron chi connectivity index (χ1n) is 5.93. The summed E-state index contributed by atoms with van der Waals surface area (Å²) in [7, 11) is 0. The number of benzene rings is 1. The van der Waals surface area contributed by atoms with Gasteiger partial charge in [-0.15, -0.1) is 0 Å². The maximum Gasteiger partial charge on any atom is 0.124 e. The molecule has 0 spiro atoms. The largest absolute Gasteiger partial charge is 0.490 e. The summed E-state index contributed by atoms with van der Waals surface area (Å²) in [5.41, 5.74) is 7.26. The third kappa shape index (κ3) is 1.93. The van der Waals surface area contributed by atoms with E-state index in [1.807, 2.05) is 24.3 Å². The third-order valence-electron chi connectivity index (χ3n) is 3.32. The molecule has 2 N–H and O–H groups in total. The average molecular weight is 219 g/mol. The number of fused-ring (bicyclic) bond motifs is 1. The second kappa shape index (κ2) is 4.07.